The molecule has 4 heteroatoms. The molecular formula is C14H19FN2O. The van der Waals surface area contributed by atoms with Crippen LogP contribution in [0.3, 0.4) is 0 Å². The van der Waals surface area contributed by atoms with Crippen LogP contribution in [0.15, 0.2) is 24.3 Å². The highest BCUT2D eigenvalue weighted by atomic mass is 19.1. The van der Waals surface area contributed by atoms with Crippen molar-refractivity contribution in [1.82, 2.24) is 5.32 Å². The molecule has 1 fully saturated rings. The number of halogens is 1. The molecule has 2 unspecified atom stereocenters. The van der Waals surface area contributed by atoms with Gasteiger partial charge in [-0.15, -0.1) is 0 Å². The van der Waals surface area contributed by atoms with Gasteiger partial charge < -0.3 is 11.1 Å². The van der Waals surface area contributed by atoms with Gasteiger partial charge in [0, 0.05) is 12.5 Å². The molecule has 2 atom stereocenters. The van der Waals surface area contributed by atoms with Gasteiger partial charge in [-0.25, -0.2) is 4.39 Å². The van der Waals surface area contributed by atoms with E-state index in [4.69, 9.17) is 5.73 Å². The van der Waals surface area contributed by atoms with Crippen molar-refractivity contribution in [3.63, 3.8) is 0 Å². The van der Waals surface area contributed by atoms with Gasteiger partial charge in [-0.05, 0) is 43.4 Å². The Balaban J connectivity index is 1.84. The monoisotopic (exact) mass is 250 g/mol. The van der Waals surface area contributed by atoms with Crippen LogP contribution in [0.5, 0.6) is 0 Å². The molecule has 98 valence electrons. The largest absolute Gasteiger partial charge is 0.350 e. The molecule has 1 aromatic carbocycles. The van der Waals surface area contributed by atoms with Crippen molar-refractivity contribution < 1.29 is 9.18 Å². The lowest BCUT2D eigenvalue weighted by atomic mass is 10.1. The number of benzene rings is 1. The van der Waals surface area contributed by atoms with Gasteiger partial charge in [0.1, 0.15) is 5.82 Å². The molecule has 1 amide bonds. The normalized spacial score (nSPS) is 18.2. The first kappa shape index (κ1) is 13.0. The molecule has 1 saturated carbocycles. The lowest BCUT2D eigenvalue weighted by Crippen LogP contribution is -2.34. The predicted octanol–water partition coefficient (Wildman–Crippen LogP) is 2.13. The third kappa shape index (κ3) is 3.53. The highest BCUT2D eigenvalue weighted by molar-refractivity contribution is 5.77. The fourth-order valence-corrected chi connectivity index (χ4v) is 2.04. The first-order valence-corrected chi connectivity index (χ1v) is 6.36. The number of carbonyl (C=O) groups is 1. The average molecular weight is 250 g/mol. The van der Waals surface area contributed by atoms with Gasteiger partial charge >= 0.3 is 0 Å². The first-order valence-electron chi connectivity index (χ1n) is 6.36. The molecule has 3 N–H and O–H groups in total. The minimum atomic E-state index is -0.270. The number of hydrogen-bond donors (Lipinski definition) is 2. The molecule has 0 aromatic heterocycles. The molecule has 0 heterocycles. The van der Waals surface area contributed by atoms with Crippen LogP contribution in [-0.2, 0) is 4.79 Å². The third-order valence-corrected chi connectivity index (χ3v) is 3.40. The maximum absolute atomic E-state index is 12.8. The Hall–Kier alpha value is -1.42. The van der Waals surface area contributed by atoms with Crippen LogP contribution in [0, 0.1) is 11.7 Å². The topological polar surface area (TPSA) is 55.1 Å². The van der Waals surface area contributed by atoms with E-state index in [9.17, 15) is 9.18 Å². The van der Waals surface area contributed by atoms with Gasteiger partial charge in [0.05, 0.1) is 6.04 Å². The molecule has 18 heavy (non-hydrogen) atoms. The third-order valence-electron chi connectivity index (χ3n) is 3.40. The number of amides is 1. The van der Waals surface area contributed by atoms with Crippen LogP contribution in [0.1, 0.15) is 37.8 Å². The van der Waals surface area contributed by atoms with E-state index < -0.39 is 0 Å². The molecule has 3 nitrogen and oxygen atoms in total. The first-order chi connectivity index (χ1) is 8.56. The van der Waals surface area contributed by atoms with Crippen molar-refractivity contribution in [2.75, 3.05) is 0 Å². The van der Waals surface area contributed by atoms with Crippen molar-refractivity contribution >= 4 is 5.91 Å². The van der Waals surface area contributed by atoms with Crippen LogP contribution in [-0.4, -0.2) is 11.9 Å². The average Bonchev–Trinajstić information content (AvgIpc) is 3.13. The molecule has 0 radical (unpaired) electrons. The van der Waals surface area contributed by atoms with Gasteiger partial charge in [0.25, 0.3) is 0 Å². The van der Waals surface area contributed by atoms with E-state index in [0.717, 1.165) is 18.4 Å². The Kier molecular flexibility index (Phi) is 3.97. The van der Waals surface area contributed by atoms with Gasteiger partial charge in [-0.1, -0.05) is 12.1 Å². The smallest absolute Gasteiger partial charge is 0.222 e. The van der Waals surface area contributed by atoms with Crippen LogP contribution in [0.2, 0.25) is 0 Å². The zero-order valence-electron chi connectivity index (χ0n) is 10.5. The van der Waals surface area contributed by atoms with E-state index in [1.54, 1.807) is 12.1 Å². The van der Waals surface area contributed by atoms with Gasteiger partial charge in [-0.3, -0.25) is 4.79 Å². The Morgan fingerprint density at radius 1 is 1.44 bits per heavy atom. The molecule has 0 aliphatic heterocycles. The second kappa shape index (κ2) is 5.48. The van der Waals surface area contributed by atoms with E-state index in [0.29, 0.717) is 12.3 Å². The van der Waals surface area contributed by atoms with Crippen LogP contribution in [0.25, 0.3) is 0 Å². The fourth-order valence-electron chi connectivity index (χ4n) is 2.04. The number of hydrogen-bond acceptors (Lipinski definition) is 2. The number of carbonyl (C=O) groups excluding carboxylic acids is 1. The zero-order chi connectivity index (χ0) is 13.1. The standard InChI is InChI=1S/C14H19FN2O/c1-9(10-4-6-12(15)7-5-10)17-14(18)8-13(16)11-2-3-11/h4-7,9,11,13H,2-3,8,16H2,1H3,(H,17,18). The predicted molar refractivity (Wildman–Crippen MR) is 68.3 cm³/mol. The molecule has 0 bridgehead atoms. The Labute approximate surface area is 107 Å². The summed E-state index contributed by atoms with van der Waals surface area (Å²) in [6, 6.07) is 6.01. The summed E-state index contributed by atoms with van der Waals surface area (Å²) in [5.41, 5.74) is 6.80. The van der Waals surface area contributed by atoms with Crippen LogP contribution >= 0.6 is 0 Å². The number of rotatable bonds is 5. The van der Waals surface area contributed by atoms with Crippen molar-refractivity contribution in [2.45, 2.75) is 38.3 Å². The lowest BCUT2D eigenvalue weighted by molar-refractivity contribution is -0.122. The van der Waals surface area contributed by atoms with Crippen LogP contribution in [0.4, 0.5) is 4.39 Å². The Morgan fingerprint density at radius 2 is 2.06 bits per heavy atom. The summed E-state index contributed by atoms with van der Waals surface area (Å²) in [5, 5.41) is 2.89. The summed E-state index contributed by atoms with van der Waals surface area (Å²) < 4.78 is 12.8. The van der Waals surface area contributed by atoms with Gasteiger partial charge in [-0.2, -0.15) is 0 Å². The minimum absolute atomic E-state index is 0.0228. The van der Waals surface area contributed by atoms with Gasteiger partial charge in [0.2, 0.25) is 5.91 Å². The highest BCUT2D eigenvalue weighted by Crippen LogP contribution is 2.32. The summed E-state index contributed by atoms with van der Waals surface area (Å²) >= 11 is 0. The van der Waals surface area contributed by atoms with E-state index >= 15 is 0 Å². The molecule has 1 aliphatic carbocycles. The van der Waals surface area contributed by atoms with E-state index in [2.05, 4.69) is 5.32 Å². The summed E-state index contributed by atoms with van der Waals surface area (Å²) in [7, 11) is 0. The van der Waals surface area contributed by atoms with Crippen molar-refractivity contribution in [3.8, 4) is 0 Å². The summed E-state index contributed by atoms with van der Waals surface area (Å²) in [5.74, 6) is 0.219. The maximum Gasteiger partial charge on any atom is 0.222 e. The minimum Gasteiger partial charge on any atom is -0.350 e. The SMILES string of the molecule is CC(NC(=O)CC(N)C1CC1)c1ccc(F)cc1. The summed E-state index contributed by atoms with van der Waals surface area (Å²) in [6.45, 7) is 1.88. The second-order valence-corrected chi connectivity index (χ2v) is 5.05. The van der Waals surface area contributed by atoms with Crippen LogP contribution < -0.4 is 11.1 Å². The lowest BCUT2D eigenvalue weighted by Gasteiger charge is -2.16. The molecule has 2 rings (SSSR count). The maximum atomic E-state index is 12.8. The molecule has 1 aliphatic rings. The van der Waals surface area contributed by atoms with Gasteiger partial charge in [0.15, 0.2) is 0 Å². The summed E-state index contributed by atoms with van der Waals surface area (Å²) in [4.78, 5) is 11.8. The Morgan fingerprint density at radius 3 is 2.61 bits per heavy atom. The summed E-state index contributed by atoms with van der Waals surface area (Å²) in [6.07, 6.45) is 2.65. The molecule has 0 saturated heterocycles. The molecule has 1 aromatic rings. The highest BCUT2D eigenvalue weighted by Gasteiger charge is 2.29. The van der Waals surface area contributed by atoms with E-state index in [1.807, 2.05) is 6.92 Å². The number of nitrogens with two attached hydrogens (primary N) is 1. The molecule has 0 spiro atoms. The van der Waals surface area contributed by atoms with Crippen molar-refractivity contribution in [3.05, 3.63) is 35.6 Å². The quantitative estimate of drug-likeness (QED) is 0.841. The van der Waals surface area contributed by atoms with Crippen molar-refractivity contribution in [1.29, 1.82) is 0 Å². The zero-order valence-corrected chi connectivity index (χ0v) is 10.5. The Bertz CT molecular complexity index is 414. The molecular weight excluding hydrogens is 231 g/mol. The number of nitrogens with one attached hydrogen (secondary N) is 1. The van der Waals surface area contributed by atoms with E-state index in [-0.39, 0.29) is 23.8 Å². The second-order valence-electron chi connectivity index (χ2n) is 5.05. The fraction of sp³-hybridized carbons (Fsp3) is 0.500. The van der Waals surface area contributed by atoms with Crippen molar-refractivity contribution in [2.24, 2.45) is 11.7 Å². The van der Waals surface area contributed by atoms with E-state index in [1.165, 1.54) is 12.1 Å².